The highest BCUT2D eigenvalue weighted by molar-refractivity contribution is 7.88. The number of ether oxygens (including phenoxy) is 1. The highest BCUT2D eigenvalue weighted by atomic mass is 35.5. The molecule has 1 aromatic heterocycles. The Morgan fingerprint density at radius 3 is 2.56 bits per heavy atom. The first kappa shape index (κ1) is 29.2. The average Bonchev–Trinajstić information content (AvgIpc) is 3.58. The van der Waals surface area contributed by atoms with Crippen LogP contribution in [-0.2, 0) is 34.3 Å². The molecule has 0 aliphatic heterocycles. The maximum Gasteiger partial charge on any atom is 0.208 e. The Kier molecular flexibility index (Phi) is 8.45. The zero-order valence-corrected chi connectivity index (χ0v) is 23.7. The smallest absolute Gasteiger partial charge is 0.208 e. The number of aromatic nitrogens is 1. The summed E-state index contributed by atoms with van der Waals surface area (Å²) in [5.41, 5.74) is 1.43. The third-order valence-corrected chi connectivity index (χ3v) is 8.33. The van der Waals surface area contributed by atoms with Crippen molar-refractivity contribution in [1.82, 2.24) is 9.71 Å². The van der Waals surface area contributed by atoms with Crippen molar-refractivity contribution < 1.29 is 30.7 Å². The Hall–Kier alpha value is -3.34. The zero-order chi connectivity index (χ0) is 29.2. The molecule has 4 aromatic rings. The topological polar surface area (TPSA) is 81.4 Å². The van der Waals surface area contributed by atoms with Gasteiger partial charge in [0.15, 0.2) is 11.6 Å². The number of nitrogens with one attached hydrogen (secondary N) is 1. The minimum atomic E-state index is -3.48. The minimum Gasteiger partial charge on any atom is -0.485 e. The minimum absolute atomic E-state index is 0.00711. The maximum atomic E-state index is 15.3. The Morgan fingerprint density at radius 2 is 1.85 bits per heavy atom. The Morgan fingerprint density at radius 1 is 1.10 bits per heavy atom. The van der Waals surface area contributed by atoms with E-state index in [0.29, 0.717) is 36.4 Å². The third kappa shape index (κ3) is 6.60. The van der Waals surface area contributed by atoms with Crippen LogP contribution in [0.5, 0.6) is 5.75 Å². The number of hydrogen-bond donors (Lipinski definition) is 1. The summed E-state index contributed by atoms with van der Waals surface area (Å²) in [6.07, 6.45) is 3.94. The number of benzene rings is 3. The second-order valence-corrected chi connectivity index (χ2v) is 12.4. The van der Waals surface area contributed by atoms with Crippen LogP contribution in [0.2, 0.25) is 0 Å². The highest BCUT2D eigenvalue weighted by Gasteiger charge is 2.45. The first-order chi connectivity index (χ1) is 19.6. The summed E-state index contributed by atoms with van der Waals surface area (Å²) in [5, 5.41) is 0. The monoisotopic (exact) mass is 604 g/mol. The fraction of sp³-hybridized carbons (Fsp3) is 0.300. The molecule has 41 heavy (non-hydrogen) atoms. The van der Waals surface area contributed by atoms with Gasteiger partial charge in [0.1, 0.15) is 18.7 Å². The molecule has 5 rings (SSSR count). The molecular formula is C30H28ClF3N2O4S. The fourth-order valence-corrected chi connectivity index (χ4v) is 6.37. The molecule has 1 aliphatic rings. The molecule has 1 saturated carbocycles. The van der Waals surface area contributed by atoms with E-state index in [2.05, 4.69) is 9.71 Å². The number of nitrogens with zero attached hydrogens (tertiary/aromatic N) is 1. The van der Waals surface area contributed by atoms with E-state index in [4.69, 9.17) is 20.8 Å². The average molecular weight is 605 g/mol. The van der Waals surface area contributed by atoms with Gasteiger partial charge in [0.2, 0.25) is 21.7 Å². The van der Waals surface area contributed by atoms with Crippen LogP contribution < -0.4 is 9.46 Å². The molecule has 0 bridgehead atoms. The summed E-state index contributed by atoms with van der Waals surface area (Å²) in [4.78, 5) is 4.50. The zero-order valence-electron chi connectivity index (χ0n) is 22.2. The van der Waals surface area contributed by atoms with E-state index in [1.165, 1.54) is 24.5 Å². The summed E-state index contributed by atoms with van der Waals surface area (Å²) < 4.78 is 82.6. The fourth-order valence-electron chi connectivity index (χ4n) is 5.44. The molecule has 0 amide bonds. The third-order valence-electron chi connectivity index (χ3n) is 7.29. The van der Waals surface area contributed by atoms with Gasteiger partial charge in [-0.2, -0.15) is 4.39 Å². The molecule has 0 unspecified atom stereocenters. The second-order valence-electron chi connectivity index (χ2n) is 10.4. The van der Waals surface area contributed by atoms with Crippen molar-refractivity contribution in [3.8, 4) is 16.9 Å². The van der Waals surface area contributed by atoms with Crippen LogP contribution in [0.3, 0.4) is 0 Å². The van der Waals surface area contributed by atoms with E-state index in [1.807, 2.05) is 18.2 Å². The van der Waals surface area contributed by atoms with Crippen LogP contribution in [0, 0.1) is 17.5 Å². The van der Waals surface area contributed by atoms with E-state index < -0.39 is 38.9 Å². The Bertz CT molecular complexity index is 1650. The van der Waals surface area contributed by atoms with Crippen molar-refractivity contribution in [3.63, 3.8) is 0 Å². The van der Waals surface area contributed by atoms with Gasteiger partial charge in [0.25, 0.3) is 0 Å². The van der Waals surface area contributed by atoms with Gasteiger partial charge in [0.05, 0.1) is 23.2 Å². The lowest BCUT2D eigenvalue weighted by atomic mass is 9.79. The molecule has 0 saturated heterocycles. The van der Waals surface area contributed by atoms with Gasteiger partial charge in [-0.15, -0.1) is 11.6 Å². The summed E-state index contributed by atoms with van der Waals surface area (Å²) in [6.45, 7) is 0.00711. The molecule has 0 spiro atoms. The van der Waals surface area contributed by atoms with Crippen molar-refractivity contribution in [3.05, 3.63) is 107 Å². The van der Waals surface area contributed by atoms with Gasteiger partial charge in [-0.3, -0.25) is 0 Å². The summed E-state index contributed by atoms with van der Waals surface area (Å²) in [6, 6.07) is 15.4. The van der Waals surface area contributed by atoms with E-state index >= 15 is 4.39 Å². The van der Waals surface area contributed by atoms with Crippen LogP contribution in [-0.4, -0.2) is 25.7 Å². The van der Waals surface area contributed by atoms with Gasteiger partial charge in [-0.1, -0.05) is 36.4 Å². The Labute approximate surface area is 241 Å². The predicted octanol–water partition coefficient (Wildman–Crippen LogP) is 6.66. The number of halogens is 4. The molecule has 3 aromatic carbocycles. The molecule has 11 heteroatoms. The van der Waals surface area contributed by atoms with Crippen molar-refractivity contribution in [2.75, 3.05) is 6.26 Å². The van der Waals surface area contributed by atoms with E-state index in [0.717, 1.165) is 17.9 Å². The quantitative estimate of drug-likeness (QED) is 0.205. The molecule has 6 nitrogen and oxygen atoms in total. The number of sulfonamides is 1. The molecule has 2 atom stereocenters. The van der Waals surface area contributed by atoms with Crippen molar-refractivity contribution in [2.45, 2.75) is 49.6 Å². The normalized spacial score (nSPS) is 19.0. The number of alkyl halides is 1. The lowest BCUT2D eigenvalue weighted by Gasteiger charge is -2.27. The molecular weight excluding hydrogens is 577 g/mol. The number of oxazole rings is 1. The largest absolute Gasteiger partial charge is 0.485 e. The highest BCUT2D eigenvalue weighted by Crippen LogP contribution is 2.45. The molecule has 216 valence electrons. The first-order valence-corrected chi connectivity index (χ1v) is 15.4. The van der Waals surface area contributed by atoms with Crippen LogP contribution in [0.25, 0.3) is 11.1 Å². The van der Waals surface area contributed by atoms with Gasteiger partial charge in [-0.25, -0.2) is 26.9 Å². The molecule has 1 aliphatic carbocycles. The standard InChI is InChI=1S/C30H28ClF3N2O4S/c1-41(37,38)36-22-11-12-30(15-22,29-35-23(16-31)18-40-29)14-21-13-20(7-9-25(21)32)24-8-10-26(33)27(34)28(24)39-17-19-5-3-2-4-6-19/h2-10,13,18,22,36H,11-12,14-17H2,1H3/t22-,30+/m0/s1. The van der Waals surface area contributed by atoms with E-state index in [1.54, 1.807) is 18.2 Å². The van der Waals surface area contributed by atoms with E-state index in [-0.39, 0.29) is 35.8 Å². The SMILES string of the molecule is CS(=O)(=O)N[C@H]1CC[C@](Cc2cc(-c3ccc(F)c(F)c3OCc3ccccc3)ccc2F)(c2nc(CCl)co2)C1. The second kappa shape index (κ2) is 11.9. The molecule has 0 radical (unpaired) electrons. The summed E-state index contributed by atoms with van der Waals surface area (Å²) in [7, 11) is -3.48. The van der Waals surface area contributed by atoms with Gasteiger partial charge >= 0.3 is 0 Å². The van der Waals surface area contributed by atoms with Crippen molar-refractivity contribution >= 4 is 21.6 Å². The molecule has 1 heterocycles. The lowest BCUT2D eigenvalue weighted by molar-refractivity contribution is 0.286. The van der Waals surface area contributed by atoms with Gasteiger partial charge in [0, 0.05) is 11.6 Å². The summed E-state index contributed by atoms with van der Waals surface area (Å²) in [5.74, 6) is -2.52. The van der Waals surface area contributed by atoms with Crippen LogP contribution in [0.4, 0.5) is 13.2 Å². The first-order valence-electron chi connectivity index (χ1n) is 13.0. The number of hydrogen-bond acceptors (Lipinski definition) is 5. The predicted molar refractivity (Wildman–Crippen MR) is 150 cm³/mol. The van der Waals surface area contributed by atoms with Crippen LogP contribution in [0.15, 0.2) is 71.3 Å². The molecule has 1 fully saturated rings. The number of rotatable bonds is 10. The van der Waals surface area contributed by atoms with E-state index in [9.17, 15) is 17.2 Å². The Balaban J connectivity index is 1.51. The van der Waals surface area contributed by atoms with Gasteiger partial charge in [-0.05, 0) is 66.6 Å². The van der Waals surface area contributed by atoms with Crippen molar-refractivity contribution in [1.29, 1.82) is 0 Å². The summed E-state index contributed by atoms with van der Waals surface area (Å²) >= 11 is 5.94. The van der Waals surface area contributed by atoms with Crippen LogP contribution in [0.1, 0.15) is 42.0 Å². The maximum absolute atomic E-state index is 15.3. The lowest BCUT2D eigenvalue weighted by Crippen LogP contribution is -2.35. The molecule has 1 N–H and O–H groups in total. The van der Waals surface area contributed by atoms with Crippen LogP contribution >= 0.6 is 11.6 Å². The van der Waals surface area contributed by atoms with Crippen molar-refractivity contribution in [2.24, 2.45) is 0 Å². The van der Waals surface area contributed by atoms with Gasteiger partial charge < -0.3 is 9.15 Å².